The highest BCUT2D eigenvalue weighted by molar-refractivity contribution is 9.10. The van der Waals surface area contributed by atoms with Gasteiger partial charge in [0.1, 0.15) is 17.1 Å². The van der Waals surface area contributed by atoms with E-state index in [4.69, 9.17) is 9.47 Å². The number of halogens is 4. The van der Waals surface area contributed by atoms with Crippen molar-refractivity contribution >= 4 is 22.0 Å². The summed E-state index contributed by atoms with van der Waals surface area (Å²) in [7, 11) is 0. The first-order valence-corrected chi connectivity index (χ1v) is 10.5. The van der Waals surface area contributed by atoms with Crippen LogP contribution in [-0.4, -0.2) is 45.8 Å². The van der Waals surface area contributed by atoms with Crippen molar-refractivity contribution in [1.29, 1.82) is 0 Å². The summed E-state index contributed by atoms with van der Waals surface area (Å²) in [5.74, 6) is 0.278. The average Bonchev–Trinajstić information content (AvgIpc) is 3.01. The van der Waals surface area contributed by atoms with Gasteiger partial charge in [-0.1, -0.05) is 0 Å². The number of piperidine rings is 1. The van der Waals surface area contributed by atoms with Crippen molar-refractivity contribution in [3.8, 4) is 17.4 Å². The van der Waals surface area contributed by atoms with Crippen molar-refractivity contribution in [1.82, 2.24) is 14.7 Å². The van der Waals surface area contributed by atoms with Gasteiger partial charge in [0.15, 0.2) is 0 Å². The van der Waals surface area contributed by atoms with Crippen LogP contribution in [0.5, 0.6) is 17.4 Å². The Kier molecular flexibility index (Phi) is 6.73. The molecule has 0 aliphatic carbocycles. The number of alkyl halides is 3. The zero-order valence-electron chi connectivity index (χ0n) is 17.3. The standard InChI is InChI=1S/C20H23BrF3N3O4/c1-19(2,3)31-18(28)26-10-8-13(9-11-26)27-12-16(21)17(25-27)29-14-4-6-15(7-5-14)30-20(22,23)24/h4-7,12-13H,8-11H2,1-3H3. The van der Waals surface area contributed by atoms with Crippen LogP contribution >= 0.6 is 15.9 Å². The van der Waals surface area contributed by atoms with Gasteiger partial charge in [0, 0.05) is 19.3 Å². The predicted molar refractivity (Wildman–Crippen MR) is 109 cm³/mol. The summed E-state index contributed by atoms with van der Waals surface area (Å²) in [6.07, 6.45) is -1.88. The lowest BCUT2D eigenvalue weighted by Gasteiger charge is -2.33. The van der Waals surface area contributed by atoms with E-state index in [1.807, 2.05) is 20.8 Å². The number of ether oxygens (including phenoxy) is 3. The van der Waals surface area contributed by atoms with Crippen LogP contribution in [0.1, 0.15) is 39.7 Å². The van der Waals surface area contributed by atoms with E-state index in [-0.39, 0.29) is 17.9 Å². The van der Waals surface area contributed by atoms with Crippen molar-refractivity contribution in [2.75, 3.05) is 13.1 Å². The summed E-state index contributed by atoms with van der Waals surface area (Å²) in [5, 5.41) is 4.44. The fourth-order valence-corrected chi connectivity index (χ4v) is 3.44. The number of rotatable bonds is 4. The highest BCUT2D eigenvalue weighted by atomic mass is 79.9. The second kappa shape index (κ2) is 8.97. The fourth-order valence-electron chi connectivity index (χ4n) is 3.07. The molecular formula is C20H23BrF3N3O4. The zero-order valence-corrected chi connectivity index (χ0v) is 18.9. The van der Waals surface area contributed by atoms with Crippen LogP contribution in [0.3, 0.4) is 0 Å². The Bertz CT molecular complexity index is 902. The minimum absolute atomic E-state index is 0.0786. The first-order valence-electron chi connectivity index (χ1n) is 9.66. The molecule has 1 aliphatic rings. The molecule has 0 radical (unpaired) electrons. The number of likely N-dealkylation sites (tertiary alicyclic amines) is 1. The van der Waals surface area contributed by atoms with Crippen LogP contribution in [0.4, 0.5) is 18.0 Å². The number of hydrogen-bond acceptors (Lipinski definition) is 5. The van der Waals surface area contributed by atoms with Gasteiger partial charge in [0.05, 0.1) is 10.5 Å². The molecule has 2 heterocycles. The van der Waals surface area contributed by atoms with Crippen molar-refractivity contribution in [3.63, 3.8) is 0 Å². The van der Waals surface area contributed by atoms with E-state index >= 15 is 0 Å². The SMILES string of the molecule is CC(C)(C)OC(=O)N1CCC(n2cc(Br)c(Oc3ccc(OC(F)(F)F)cc3)n2)CC1. The first kappa shape index (κ1) is 23.2. The van der Waals surface area contributed by atoms with Gasteiger partial charge in [0.25, 0.3) is 5.88 Å². The minimum atomic E-state index is -4.75. The molecule has 1 amide bonds. The Balaban J connectivity index is 1.58. The molecule has 11 heteroatoms. The molecule has 0 unspecified atom stereocenters. The molecule has 3 rings (SSSR count). The maximum absolute atomic E-state index is 12.3. The van der Waals surface area contributed by atoms with E-state index in [0.717, 1.165) is 0 Å². The van der Waals surface area contributed by atoms with Gasteiger partial charge in [-0.05, 0) is 73.8 Å². The van der Waals surface area contributed by atoms with Crippen molar-refractivity contribution in [2.24, 2.45) is 0 Å². The van der Waals surface area contributed by atoms with Crippen LogP contribution in [-0.2, 0) is 4.74 Å². The molecule has 1 saturated heterocycles. The van der Waals surface area contributed by atoms with Gasteiger partial charge in [-0.3, -0.25) is 4.68 Å². The third-order valence-electron chi connectivity index (χ3n) is 4.42. The summed E-state index contributed by atoms with van der Waals surface area (Å²) in [4.78, 5) is 13.9. The van der Waals surface area contributed by atoms with E-state index in [9.17, 15) is 18.0 Å². The average molecular weight is 506 g/mol. The topological polar surface area (TPSA) is 65.8 Å². The van der Waals surface area contributed by atoms with Crippen molar-refractivity contribution in [3.05, 3.63) is 34.9 Å². The van der Waals surface area contributed by atoms with Crippen LogP contribution in [0.15, 0.2) is 34.9 Å². The Morgan fingerprint density at radius 3 is 2.23 bits per heavy atom. The molecule has 2 aromatic rings. The Morgan fingerprint density at radius 1 is 1.10 bits per heavy atom. The largest absolute Gasteiger partial charge is 0.573 e. The van der Waals surface area contributed by atoms with Gasteiger partial charge < -0.3 is 19.1 Å². The molecule has 1 aromatic carbocycles. The predicted octanol–water partition coefficient (Wildman–Crippen LogP) is 5.91. The molecule has 31 heavy (non-hydrogen) atoms. The summed E-state index contributed by atoms with van der Waals surface area (Å²) in [5.41, 5.74) is -0.538. The first-order chi connectivity index (χ1) is 14.4. The Labute approximate surface area is 186 Å². The van der Waals surface area contributed by atoms with Gasteiger partial charge in [-0.15, -0.1) is 18.3 Å². The summed E-state index contributed by atoms with van der Waals surface area (Å²) in [6, 6.07) is 5.15. The minimum Gasteiger partial charge on any atom is -0.444 e. The third-order valence-corrected chi connectivity index (χ3v) is 4.96. The summed E-state index contributed by atoms with van der Waals surface area (Å²) >= 11 is 3.40. The molecule has 1 fully saturated rings. The highest BCUT2D eigenvalue weighted by Crippen LogP contribution is 2.33. The van der Waals surface area contributed by atoms with Gasteiger partial charge in [-0.2, -0.15) is 0 Å². The molecule has 1 aliphatic heterocycles. The summed E-state index contributed by atoms with van der Waals surface area (Å²) in [6.45, 7) is 6.59. The molecule has 170 valence electrons. The van der Waals surface area contributed by atoms with Gasteiger partial charge in [0.2, 0.25) is 0 Å². The smallest absolute Gasteiger partial charge is 0.444 e. The van der Waals surface area contributed by atoms with Crippen molar-refractivity contribution < 1.29 is 32.2 Å². The zero-order chi connectivity index (χ0) is 22.8. The molecule has 0 N–H and O–H groups in total. The number of aromatic nitrogens is 2. The monoisotopic (exact) mass is 505 g/mol. The van der Waals surface area contributed by atoms with Crippen molar-refractivity contribution in [2.45, 2.75) is 51.6 Å². The normalized spacial score (nSPS) is 15.6. The molecule has 1 aromatic heterocycles. The number of amides is 1. The Morgan fingerprint density at radius 2 is 1.68 bits per heavy atom. The second-order valence-corrected chi connectivity index (χ2v) is 8.94. The Hall–Kier alpha value is -2.43. The molecule has 0 spiro atoms. The van der Waals surface area contributed by atoms with E-state index in [2.05, 4.69) is 25.8 Å². The number of nitrogens with zero attached hydrogens (tertiary/aromatic N) is 3. The van der Waals surface area contributed by atoms with E-state index < -0.39 is 12.0 Å². The molecule has 0 saturated carbocycles. The lowest BCUT2D eigenvalue weighted by Crippen LogP contribution is -2.42. The molecular weight excluding hydrogens is 483 g/mol. The number of hydrogen-bond donors (Lipinski definition) is 0. The van der Waals surface area contributed by atoms with Crippen LogP contribution < -0.4 is 9.47 Å². The third kappa shape index (κ3) is 6.78. The van der Waals surface area contributed by atoms with E-state index in [0.29, 0.717) is 42.0 Å². The number of carbonyl (C=O) groups is 1. The number of carbonyl (C=O) groups excluding carboxylic acids is 1. The van der Waals surface area contributed by atoms with Crippen LogP contribution in [0.25, 0.3) is 0 Å². The van der Waals surface area contributed by atoms with Crippen LogP contribution in [0, 0.1) is 0 Å². The second-order valence-electron chi connectivity index (χ2n) is 8.08. The maximum Gasteiger partial charge on any atom is 0.573 e. The molecule has 7 nitrogen and oxygen atoms in total. The fraction of sp³-hybridized carbons (Fsp3) is 0.500. The maximum atomic E-state index is 12.3. The highest BCUT2D eigenvalue weighted by Gasteiger charge is 2.31. The summed E-state index contributed by atoms with van der Waals surface area (Å²) < 4.78 is 54.1. The van der Waals surface area contributed by atoms with Crippen LogP contribution in [0.2, 0.25) is 0 Å². The van der Waals surface area contributed by atoms with E-state index in [1.54, 1.807) is 15.8 Å². The lowest BCUT2D eigenvalue weighted by atomic mass is 10.1. The molecule has 0 bridgehead atoms. The molecule has 0 atom stereocenters. The van der Waals surface area contributed by atoms with E-state index in [1.165, 1.54) is 24.3 Å². The lowest BCUT2D eigenvalue weighted by molar-refractivity contribution is -0.274. The quantitative estimate of drug-likeness (QED) is 0.516. The number of benzene rings is 1. The van der Waals surface area contributed by atoms with Gasteiger partial charge >= 0.3 is 12.5 Å². The van der Waals surface area contributed by atoms with Gasteiger partial charge in [-0.25, -0.2) is 4.79 Å².